The lowest BCUT2D eigenvalue weighted by molar-refractivity contribution is -0.132. The SMILES string of the molecule is CCCCCCC(=O)N(CCOC)Cc1cccn1Cc1cccc(C)c1. The van der Waals surface area contributed by atoms with E-state index in [1.807, 2.05) is 4.90 Å². The fourth-order valence-corrected chi connectivity index (χ4v) is 3.30. The number of methoxy groups -OCH3 is 1. The van der Waals surface area contributed by atoms with Crippen LogP contribution in [-0.2, 0) is 22.6 Å². The molecule has 0 N–H and O–H groups in total. The topological polar surface area (TPSA) is 34.5 Å². The van der Waals surface area contributed by atoms with E-state index in [0.717, 1.165) is 25.1 Å². The van der Waals surface area contributed by atoms with Crippen molar-refractivity contribution in [3.8, 4) is 0 Å². The molecule has 1 aromatic carbocycles. The Bertz CT molecular complexity index is 693. The predicted molar refractivity (Wildman–Crippen MR) is 111 cm³/mol. The smallest absolute Gasteiger partial charge is 0.222 e. The van der Waals surface area contributed by atoms with Gasteiger partial charge in [-0.3, -0.25) is 4.79 Å². The van der Waals surface area contributed by atoms with Gasteiger partial charge >= 0.3 is 0 Å². The Balaban J connectivity index is 2.02. The first kappa shape index (κ1) is 21.2. The molecule has 0 radical (unpaired) electrons. The molecule has 1 amide bonds. The van der Waals surface area contributed by atoms with Gasteiger partial charge in [-0.25, -0.2) is 0 Å². The molecule has 0 saturated carbocycles. The van der Waals surface area contributed by atoms with E-state index in [2.05, 4.69) is 61.0 Å². The summed E-state index contributed by atoms with van der Waals surface area (Å²) >= 11 is 0. The number of nitrogens with zero attached hydrogens (tertiary/aromatic N) is 2. The van der Waals surface area contributed by atoms with Gasteiger partial charge < -0.3 is 14.2 Å². The van der Waals surface area contributed by atoms with E-state index in [1.54, 1.807) is 7.11 Å². The van der Waals surface area contributed by atoms with Crippen LogP contribution >= 0.6 is 0 Å². The van der Waals surface area contributed by atoms with Crippen LogP contribution in [0.25, 0.3) is 0 Å². The molecule has 0 saturated heterocycles. The average molecular weight is 371 g/mol. The van der Waals surface area contributed by atoms with Crippen LogP contribution in [0.4, 0.5) is 0 Å². The molecule has 1 heterocycles. The standard InChI is InChI=1S/C23H34N2O2/c1-4-5-6-7-13-23(26)25(15-16-27-3)19-22-12-9-14-24(22)18-21-11-8-10-20(2)17-21/h8-12,14,17H,4-7,13,15-16,18-19H2,1-3H3. The Morgan fingerprint density at radius 1 is 1.15 bits per heavy atom. The molecule has 1 aromatic heterocycles. The van der Waals surface area contributed by atoms with E-state index in [1.165, 1.54) is 24.0 Å². The van der Waals surface area contributed by atoms with Gasteiger partial charge in [-0.2, -0.15) is 0 Å². The third kappa shape index (κ3) is 7.22. The van der Waals surface area contributed by atoms with Crippen molar-refractivity contribution in [2.24, 2.45) is 0 Å². The molecule has 4 heteroatoms. The summed E-state index contributed by atoms with van der Waals surface area (Å²) in [6.45, 7) is 6.97. The van der Waals surface area contributed by atoms with Crippen molar-refractivity contribution in [3.63, 3.8) is 0 Å². The molecular weight excluding hydrogens is 336 g/mol. The third-order valence-corrected chi connectivity index (χ3v) is 4.87. The molecule has 148 valence electrons. The van der Waals surface area contributed by atoms with Crippen LogP contribution < -0.4 is 0 Å². The normalized spacial score (nSPS) is 10.9. The number of unbranched alkanes of at least 4 members (excludes halogenated alkanes) is 3. The van der Waals surface area contributed by atoms with Gasteiger partial charge in [0, 0.05) is 38.5 Å². The van der Waals surface area contributed by atoms with Crippen LogP contribution in [0.2, 0.25) is 0 Å². The fraction of sp³-hybridized carbons (Fsp3) is 0.522. The fourth-order valence-electron chi connectivity index (χ4n) is 3.30. The Hall–Kier alpha value is -2.07. The first-order valence-corrected chi connectivity index (χ1v) is 10.1. The van der Waals surface area contributed by atoms with E-state index in [4.69, 9.17) is 4.74 Å². The number of ether oxygens (including phenoxy) is 1. The molecule has 0 spiro atoms. The molecule has 2 rings (SSSR count). The molecule has 0 aliphatic carbocycles. The van der Waals surface area contributed by atoms with E-state index >= 15 is 0 Å². The molecule has 2 aromatic rings. The first-order chi connectivity index (χ1) is 13.1. The number of amides is 1. The highest BCUT2D eigenvalue weighted by Crippen LogP contribution is 2.14. The second-order valence-corrected chi connectivity index (χ2v) is 7.24. The quantitative estimate of drug-likeness (QED) is 0.503. The van der Waals surface area contributed by atoms with E-state index < -0.39 is 0 Å². The van der Waals surface area contributed by atoms with Crippen molar-refractivity contribution in [1.82, 2.24) is 9.47 Å². The third-order valence-electron chi connectivity index (χ3n) is 4.87. The van der Waals surface area contributed by atoms with Crippen molar-refractivity contribution in [2.75, 3.05) is 20.3 Å². The molecule has 0 fully saturated rings. The Morgan fingerprint density at radius 2 is 2.00 bits per heavy atom. The van der Waals surface area contributed by atoms with Crippen molar-refractivity contribution >= 4 is 5.91 Å². The zero-order chi connectivity index (χ0) is 19.5. The lowest BCUT2D eigenvalue weighted by Crippen LogP contribution is -2.34. The molecular formula is C23H34N2O2. The highest BCUT2D eigenvalue weighted by molar-refractivity contribution is 5.76. The predicted octanol–water partition coefficient (Wildman–Crippen LogP) is 4.79. The Kier molecular flexibility index (Phi) is 9.12. The second-order valence-electron chi connectivity index (χ2n) is 7.24. The van der Waals surface area contributed by atoms with Gasteiger partial charge in [-0.15, -0.1) is 0 Å². The van der Waals surface area contributed by atoms with Gasteiger partial charge in [0.25, 0.3) is 0 Å². The maximum absolute atomic E-state index is 12.7. The average Bonchev–Trinajstić information content (AvgIpc) is 3.08. The molecule has 0 unspecified atom stereocenters. The van der Waals surface area contributed by atoms with Gasteiger partial charge in [-0.05, 0) is 31.0 Å². The highest BCUT2D eigenvalue weighted by atomic mass is 16.5. The summed E-state index contributed by atoms with van der Waals surface area (Å²) in [6, 6.07) is 12.7. The summed E-state index contributed by atoms with van der Waals surface area (Å²) in [5, 5.41) is 0. The summed E-state index contributed by atoms with van der Waals surface area (Å²) in [6.07, 6.45) is 7.21. The van der Waals surface area contributed by atoms with Gasteiger partial charge in [-0.1, -0.05) is 56.0 Å². The molecule has 0 atom stereocenters. The van der Waals surface area contributed by atoms with Gasteiger partial charge in [0.1, 0.15) is 0 Å². The summed E-state index contributed by atoms with van der Waals surface area (Å²) in [4.78, 5) is 14.7. The number of benzene rings is 1. The molecule has 0 aliphatic rings. The van der Waals surface area contributed by atoms with Crippen LogP contribution in [0.1, 0.15) is 55.8 Å². The van der Waals surface area contributed by atoms with Crippen LogP contribution in [0, 0.1) is 6.92 Å². The summed E-state index contributed by atoms with van der Waals surface area (Å²) in [5.74, 6) is 0.228. The van der Waals surface area contributed by atoms with Gasteiger partial charge in [0.15, 0.2) is 0 Å². The van der Waals surface area contributed by atoms with Crippen LogP contribution in [0.3, 0.4) is 0 Å². The van der Waals surface area contributed by atoms with Crippen molar-refractivity contribution in [1.29, 1.82) is 0 Å². The molecule has 4 nitrogen and oxygen atoms in total. The van der Waals surface area contributed by atoms with Crippen LogP contribution in [0.15, 0.2) is 42.6 Å². The van der Waals surface area contributed by atoms with Crippen LogP contribution in [-0.4, -0.2) is 35.6 Å². The number of carbonyl (C=O) groups is 1. The number of rotatable bonds is 12. The summed E-state index contributed by atoms with van der Waals surface area (Å²) < 4.78 is 7.46. The van der Waals surface area contributed by atoms with Crippen LogP contribution in [0.5, 0.6) is 0 Å². The van der Waals surface area contributed by atoms with E-state index in [-0.39, 0.29) is 5.91 Å². The second kappa shape index (κ2) is 11.6. The van der Waals surface area contributed by atoms with E-state index in [9.17, 15) is 4.79 Å². The Labute approximate surface area is 164 Å². The summed E-state index contributed by atoms with van der Waals surface area (Å²) in [5.41, 5.74) is 3.71. The largest absolute Gasteiger partial charge is 0.383 e. The van der Waals surface area contributed by atoms with E-state index in [0.29, 0.717) is 26.1 Å². The Morgan fingerprint density at radius 3 is 2.74 bits per heavy atom. The number of aryl methyl sites for hydroxylation is 1. The number of aromatic nitrogens is 1. The summed E-state index contributed by atoms with van der Waals surface area (Å²) in [7, 11) is 1.68. The number of hydrogen-bond acceptors (Lipinski definition) is 2. The minimum atomic E-state index is 0.228. The number of hydrogen-bond donors (Lipinski definition) is 0. The monoisotopic (exact) mass is 370 g/mol. The zero-order valence-corrected chi connectivity index (χ0v) is 17.1. The molecule has 27 heavy (non-hydrogen) atoms. The van der Waals surface area contributed by atoms with Crippen molar-refractivity contribution < 1.29 is 9.53 Å². The van der Waals surface area contributed by atoms with Crippen molar-refractivity contribution in [3.05, 3.63) is 59.4 Å². The molecule has 0 aliphatic heterocycles. The first-order valence-electron chi connectivity index (χ1n) is 10.1. The molecule has 0 bridgehead atoms. The zero-order valence-electron chi connectivity index (χ0n) is 17.1. The van der Waals surface area contributed by atoms with Crippen molar-refractivity contribution in [2.45, 2.75) is 59.0 Å². The minimum Gasteiger partial charge on any atom is -0.383 e. The highest BCUT2D eigenvalue weighted by Gasteiger charge is 2.15. The minimum absolute atomic E-state index is 0.228. The lowest BCUT2D eigenvalue weighted by atomic mass is 10.1. The van der Waals surface area contributed by atoms with Gasteiger partial charge in [0.2, 0.25) is 5.91 Å². The maximum Gasteiger partial charge on any atom is 0.222 e. The lowest BCUT2D eigenvalue weighted by Gasteiger charge is -2.23. The maximum atomic E-state index is 12.7. The number of carbonyl (C=O) groups excluding carboxylic acids is 1. The van der Waals surface area contributed by atoms with Gasteiger partial charge in [0.05, 0.1) is 13.2 Å².